The number of piperazine rings is 1. The Labute approximate surface area is 163 Å². The number of phenolic OH excluding ortho intramolecular Hbond substituents is 1. The first-order chi connectivity index (χ1) is 9.97. The molecule has 1 heterocycles. The highest BCUT2D eigenvalue weighted by molar-refractivity contribution is 9.13. The van der Waals surface area contributed by atoms with Crippen molar-refractivity contribution in [3.8, 4) is 11.5 Å². The second-order valence-corrected chi connectivity index (χ2v) is 6.30. The number of phenols is 1. The number of halogens is 6. The third kappa shape index (κ3) is 5.06. The number of aromatic hydroxyl groups is 1. The van der Waals surface area contributed by atoms with Crippen LogP contribution in [0.15, 0.2) is 15.0 Å². The normalized spacial score (nSPS) is 16.4. The van der Waals surface area contributed by atoms with Crippen molar-refractivity contribution in [2.45, 2.75) is 12.5 Å². The number of alkyl halides is 2. The fourth-order valence-electron chi connectivity index (χ4n) is 2.43. The number of nitrogens with one attached hydrogen (secondary N) is 1. The van der Waals surface area contributed by atoms with E-state index in [1.807, 2.05) is 0 Å². The molecule has 134 valence electrons. The standard InChI is InChI=1S/C13H16Br2F2N2O2.2ClH/c1-21-8-6-7(9(14)10(15)12(8)20)11(13(16)17)19-4-2-18-3-5-19;;/h6,11,13,18,20H,2-5H2,1H3;2*1H/t11-;;/m0../s1. The van der Waals surface area contributed by atoms with Gasteiger partial charge in [-0.3, -0.25) is 4.90 Å². The van der Waals surface area contributed by atoms with Gasteiger partial charge in [-0.1, -0.05) is 0 Å². The van der Waals surface area contributed by atoms with E-state index in [-0.39, 0.29) is 36.3 Å². The average molecular weight is 503 g/mol. The Morgan fingerprint density at radius 1 is 1.22 bits per heavy atom. The summed E-state index contributed by atoms with van der Waals surface area (Å²) < 4.78 is 33.0. The number of methoxy groups -OCH3 is 1. The molecular formula is C13H18Br2Cl2F2N2O2. The molecule has 1 aromatic rings. The number of rotatable bonds is 4. The van der Waals surface area contributed by atoms with Crippen molar-refractivity contribution in [2.24, 2.45) is 0 Å². The highest BCUT2D eigenvalue weighted by atomic mass is 79.9. The summed E-state index contributed by atoms with van der Waals surface area (Å²) >= 11 is 6.50. The first-order valence-electron chi connectivity index (χ1n) is 6.45. The fourth-order valence-corrected chi connectivity index (χ4v) is 3.40. The van der Waals surface area contributed by atoms with Crippen molar-refractivity contribution in [1.29, 1.82) is 0 Å². The summed E-state index contributed by atoms with van der Waals surface area (Å²) in [6.07, 6.45) is -2.54. The first kappa shape index (κ1) is 23.1. The van der Waals surface area contributed by atoms with Crippen LogP contribution in [0.3, 0.4) is 0 Å². The summed E-state index contributed by atoms with van der Waals surface area (Å²) in [7, 11) is 1.39. The van der Waals surface area contributed by atoms with E-state index in [0.717, 1.165) is 0 Å². The lowest BCUT2D eigenvalue weighted by atomic mass is 10.0. The van der Waals surface area contributed by atoms with Gasteiger partial charge in [-0.05, 0) is 43.5 Å². The molecule has 1 aliphatic rings. The number of hydrogen-bond acceptors (Lipinski definition) is 4. The van der Waals surface area contributed by atoms with Gasteiger partial charge < -0.3 is 15.2 Å². The molecule has 0 unspecified atom stereocenters. The Morgan fingerprint density at radius 3 is 2.26 bits per heavy atom. The van der Waals surface area contributed by atoms with Gasteiger partial charge in [0.25, 0.3) is 6.43 Å². The van der Waals surface area contributed by atoms with Gasteiger partial charge in [0.05, 0.1) is 17.6 Å². The SMILES string of the molecule is COc1cc([C@@H](C(F)F)N2CCNCC2)c(Br)c(Br)c1O.Cl.Cl. The van der Waals surface area contributed by atoms with E-state index in [4.69, 9.17) is 4.74 Å². The molecule has 2 rings (SSSR count). The van der Waals surface area contributed by atoms with Crippen LogP contribution in [0.5, 0.6) is 11.5 Å². The Balaban J connectivity index is 0.00000242. The Morgan fingerprint density at radius 2 is 1.78 bits per heavy atom. The predicted molar refractivity (Wildman–Crippen MR) is 97.7 cm³/mol. The molecule has 1 aliphatic heterocycles. The zero-order valence-corrected chi connectivity index (χ0v) is 17.0. The number of benzene rings is 1. The van der Waals surface area contributed by atoms with Crippen molar-refractivity contribution >= 4 is 56.7 Å². The van der Waals surface area contributed by atoms with Crippen LogP contribution in [-0.4, -0.2) is 49.7 Å². The van der Waals surface area contributed by atoms with E-state index in [9.17, 15) is 13.9 Å². The lowest BCUT2D eigenvalue weighted by molar-refractivity contribution is 0.0177. The third-order valence-corrected chi connectivity index (χ3v) is 5.65. The summed E-state index contributed by atoms with van der Waals surface area (Å²) in [6.45, 7) is 2.44. The van der Waals surface area contributed by atoms with Crippen LogP contribution in [0, 0.1) is 0 Å². The van der Waals surface area contributed by atoms with E-state index in [1.165, 1.54) is 13.2 Å². The van der Waals surface area contributed by atoms with Gasteiger partial charge in [0, 0.05) is 30.7 Å². The molecule has 2 N–H and O–H groups in total. The number of hydrogen-bond donors (Lipinski definition) is 2. The monoisotopic (exact) mass is 500 g/mol. The second-order valence-electron chi connectivity index (χ2n) is 4.71. The second kappa shape index (κ2) is 10.2. The van der Waals surface area contributed by atoms with Crippen LogP contribution in [0.2, 0.25) is 0 Å². The van der Waals surface area contributed by atoms with Gasteiger partial charge in [-0.2, -0.15) is 0 Å². The smallest absolute Gasteiger partial charge is 0.258 e. The molecule has 0 radical (unpaired) electrons. The number of ether oxygens (including phenoxy) is 1. The molecule has 1 saturated heterocycles. The molecule has 1 atom stereocenters. The molecule has 0 aromatic heterocycles. The summed E-state index contributed by atoms with van der Waals surface area (Å²) in [5.74, 6) is 0.0577. The van der Waals surface area contributed by atoms with Crippen LogP contribution in [0.4, 0.5) is 8.78 Å². The quantitative estimate of drug-likeness (QED) is 0.654. The summed E-state index contributed by atoms with van der Waals surface area (Å²) in [6, 6.07) is 0.413. The Kier molecular flexibility index (Phi) is 10.3. The van der Waals surface area contributed by atoms with Crippen molar-refractivity contribution in [1.82, 2.24) is 10.2 Å². The van der Waals surface area contributed by atoms with Gasteiger partial charge in [0.1, 0.15) is 0 Å². The molecule has 0 saturated carbocycles. The van der Waals surface area contributed by atoms with Gasteiger partial charge >= 0.3 is 0 Å². The average Bonchev–Trinajstić information content (AvgIpc) is 2.48. The van der Waals surface area contributed by atoms with Gasteiger partial charge in [0.15, 0.2) is 11.5 Å². The largest absolute Gasteiger partial charge is 0.503 e. The molecule has 0 bridgehead atoms. The summed E-state index contributed by atoms with van der Waals surface area (Å²) in [5, 5.41) is 13.1. The minimum Gasteiger partial charge on any atom is -0.503 e. The van der Waals surface area contributed by atoms with Crippen LogP contribution in [-0.2, 0) is 0 Å². The Bertz CT molecular complexity index is 521. The lowest BCUT2D eigenvalue weighted by Crippen LogP contribution is -2.47. The van der Waals surface area contributed by atoms with Gasteiger partial charge in [-0.15, -0.1) is 24.8 Å². The maximum absolute atomic E-state index is 13.6. The zero-order chi connectivity index (χ0) is 15.6. The van der Waals surface area contributed by atoms with E-state index in [1.54, 1.807) is 4.90 Å². The van der Waals surface area contributed by atoms with Crippen molar-refractivity contribution < 1.29 is 18.6 Å². The van der Waals surface area contributed by atoms with Gasteiger partial charge in [-0.25, -0.2) is 8.78 Å². The zero-order valence-electron chi connectivity index (χ0n) is 12.2. The van der Waals surface area contributed by atoms with E-state index < -0.39 is 12.5 Å². The maximum Gasteiger partial charge on any atom is 0.258 e. The topological polar surface area (TPSA) is 44.7 Å². The van der Waals surface area contributed by atoms with E-state index in [0.29, 0.717) is 40.7 Å². The number of nitrogens with zero attached hydrogens (tertiary/aromatic N) is 1. The van der Waals surface area contributed by atoms with Crippen LogP contribution in [0.1, 0.15) is 11.6 Å². The summed E-state index contributed by atoms with van der Waals surface area (Å²) in [5.41, 5.74) is 0.397. The minimum absolute atomic E-state index is 0. The highest BCUT2D eigenvalue weighted by Crippen LogP contribution is 2.45. The maximum atomic E-state index is 13.6. The van der Waals surface area contributed by atoms with Crippen molar-refractivity contribution in [2.75, 3.05) is 33.3 Å². The molecule has 0 spiro atoms. The molecule has 1 fully saturated rings. The molecule has 1 aromatic carbocycles. The van der Waals surface area contributed by atoms with Crippen LogP contribution in [0.25, 0.3) is 0 Å². The van der Waals surface area contributed by atoms with E-state index in [2.05, 4.69) is 37.2 Å². The lowest BCUT2D eigenvalue weighted by Gasteiger charge is -2.35. The predicted octanol–water partition coefficient (Wildman–Crippen LogP) is 3.98. The molecule has 23 heavy (non-hydrogen) atoms. The fraction of sp³-hybridized carbons (Fsp3) is 0.538. The molecule has 4 nitrogen and oxygen atoms in total. The van der Waals surface area contributed by atoms with E-state index >= 15 is 0 Å². The van der Waals surface area contributed by atoms with Crippen molar-refractivity contribution in [3.63, 3.8) is 0 Å². The molecule has 0 aliphatic carbocycles. The molecular weight excluding hydrogens is 485 g/mol. The Hall–Kier alpha value is 0.140. The molecule has 0 amide bonds. The first-order valence-corrected chi connectivity index (χ1v) is 8.03. The third-order valence-electron chi connectivity index (χ3n) is 3.50. The van der Waals surface area contributed by atoms with Crippen molar-refractivity contribution in [3.05, 3.63) is 20.6 Å². The minimum atomic E-state index is -2.54. The summed E-state index contributed by atoms with van der Waals surface area (Å²) in [4.78, 5) is 1.74. The molecule has 10 heteroatoms. The van der Waals surface area contributed by atoms with Crippen LogP contribution < -0.4 is 10.1 Å². The van der Waals surface area contributed by atoms with Crippen LogP contribution >= 0.6 is 56.7 Å². The highest BCUT2D eigenvalue weighted by Gasteiger charge is 2.33. The van der Waals surface area contributed by atoms with Gasteiger partial charge in [0.2, 0.25) is 0 Å².